The number of benzene rings is 1. The number of aryl methyl sites for hydroxylation is 1. The van der Waals surface area contributed by atoms with E-state index in [-0.39, 0.29) is 18.2 Å². The molecule has 1 aliphatic rings. The van der Waals surface area contributed by atoms with Crippen LogP contribution in [0.5, 0.6) is 0 Å². The molecule has 2 heterocycles. The summed E-state index contributed by atoms with van der Waals surface area (Å²) < 4.78 is 5.36. The second kappa shape index (κ2) is 9.62. The normalized spacial score (nSPS) is 18.5. The molecular formula is C25H31ClN6O2. The Morgan fingerprint density at radius 2 is 1.82 bits per heavy atom. The molecule has 4 N–H and O–H groups in total. The van der Waals surface area contributed by atoms with E-state index in [0.717, 1.165) is 53.5 Å². The van der Waals surface area contributed by atoms with Gasteiger partial charge in [0.1, 0.15) is 11.1 Å². The van der Waals surface area contributed by atoms with Crippen LogP contribution in [0.4, 0.5) is 16.4 Å². The molecule has 0 atom stereocenters. The lowest BCUT2D eigenvalue weighted by Crippen LogP contribution is -2.42. The van der Waals surface area contributed by atoms with Gasteiger partial charge in [0.15, 0.2) is 0 Å². The maximum absolute atomic E-state index is 12.0. The van der Waals surface area contributed by atoms with Crippen LogP contribution in [0.2, 0.25) is 5.02 Å². The third-order valence-electron chi connectivity index (χ3n) is 5.81. The predicted molar refractivity (Wildman–Crippen MR) is 136 cm³/mol. The first-order valence-electron chi connectivity index (χ1n) is 11.5. The van der Waals surface area contributed by atoms with Crippen LogP contribution >= 0.6 is 11.6 Å². The Bertz CT molecular complexity index is 1200. The van der Waals surface area contributed by atoms with Crippen molar-refractivity contribution in [3.8, 4) is 11.3 Å². The first kappa shape index (κ1) is 24.0. The number of pyridine rings is 1. The number of hydrogen-bond acceptors (Lipinski definition) is 7. The smallest absolute Gasteiger partial charge is 0.407 e. The fourth-order valence-electron chi connectivity index (χ4n) is 4.13. The zero-order chi connectivity index (χ0) is 24.5. The maximum Gasteiger partial charge on any atom is 0.407 e. The fourth-order valence-corrected chi connectivity index (χ4v) is 4.31. The highest BCUT2D eigenvalue weighted by Gasteiger charge is 2.25. The average molecular weight is 483 g/mol. The third kappa shape index (κ3) is 5.86. The molecule has 0 radical (unpaired) electrons. The molecule has 0 aliphatic heterocycles. The summed E-state index contributed by atoms with van der Waals surface area (Å²) in [6.45, 7) is 7.60. The quantitative estimate of drug-likeness (QED) is 0.421. The molecule has 0 spiro atoms. The third-order valence-corrected chi connectivity index (χ3v) is 6.14. The number of aromatic nitrogens is 3. The van der Waals surface area contributed by atoms with Gasteiger partial charge in [0.25, 0.3) is 0 Å². The number of nitrogens with zero attached hydrogens (tertiary/aromatic N) is 3. The number of hydrogen-bond donors (Lipinski definition) is 3. The van der Waals surface area contributed by atoms with Crippen molar-refractivity contribution in [2.45, 2.75) is 71.1 Å². The van der Waals surface area contributed by atoms with E-state index >= 15 is 0 Å². The van der Waals surface area contributed by atoms with Gasteiger partial charge in [-0.2, -0.15) is 0 Å². The predicted octanol–water partition coefficient (Wildman–Crippen LogP) is 5.48. The highest BCUT2D eigenvalue weighted by molar-refractivity contribution is 6.33. The van der Waals surface area contributed by atoms with E-state index < -0.39 is 5.60 Å². The number of nitrogen functional groups attached to an aromatic ring is 1. The lowest BCUT2D eigenvalue weighted by Gasteiger charge is -2.30. The highest BCUT2D eigenvalue weighted by atomic mass is 35.5. The van der Waals surface area contributed by atoms with Crippen molar-refractivity contribution in [1.29, 1.82) is 0 Å². The van der Waals surface area contributed by atoms with Crippen molar-refractivity contribution >= 4 is 40.4 Å². The molecule has 8 nitrogen and oxygen atoms in total. The van der Waals surface area contributed by atoms with E-state index in [9.17, 15) is 4.79 Å². The van der Waals surface area contributed by atoms with Crippen LogP contribution in [0.1, 0.15) is 52.0 Å². The van der Waals surface area contributed by atoms with Gasteiger partial charge in [0, 0.05) is 17.6 Å². The number of carbonyl (C=O) groups is 1. The summed E-state index contributed by atoms with van der Waals surface area (Å²) in [4.78, 5) is 26.0. The first-order chi connectivity index (χ1) is 16.1. The Morgan fingerprint density at radius 1 is 1.12 bits per heavy atom. The second-order valence-electron chi connectivity index (χ2n) is 9.83. The summed E-state index contributed by atoms with van der Waals surface area (Å²) in [5, 5.41) is 6.92. The first-order valence-corrected chi connectivity index (χ1v) is 11.9. The molecule has 4 rings (SSSR count). The van der Waals surface area contributed by atoms with Gasteiger partial charge < -0.3 is 21.1 Å². The van der Waals surface area contributed by atoms with Crippen molar-refractivity contribution in [2.24, 2.45) is 0 Å². The molecule has 3 aromatic rings. The number of alkyl carbamates (subject to hydrolysis) is 1. The Morgan fingerprint density at radius 3 is 2.50 bits per heavy atom. The standard InChI is InChI=1S/C25H31ClN6O2/c1-14-11-20(15-5-10-19(27)18(26)12-15)31-21-13-28-23(32-22(14)21)29-16-6-8-17(9-7-16)30-24(33)34-25(2,3)4/h5,10-13,16-17H,6-9,27H2,1-4H3,(H,30,33)(H,28,29,32)/t16-,17-. The zero-order valence-corrected chi connectivity index (χ0v) is 20.7. The summed E-state index contributed by atoms with van der Waals surface area (Å²) in [6, 6.07) is 7.86. The van der Waals surface area contributed by atoms with Crippen molar-refractivity contribution in [2.75, 3.05) is 11.1 Å². The largest absolute Gasteiger partial charge is 0.444 e. The molecule has 1 aliphatic carbocycles. The van der Waals surface area contributed by atoms with Crippen LogP contribution in [-0.2, 0) is 4.74 Å². The average Bonchev–Trinajstić information content (AvgIpc) is 2.76. The summed E-state index contributed by atoms with van der Waals surface area (Å²) >= 11 is 6.18. The van der Waals surface area contributed by atoms with E-state index in [2.05, 4.69) is 15.6 Å². The number of ether oxygens (including phenoxy) is 1. The molecular weight excluding hydrogens is 452 g/mol. The Kier molecular flexibility index (Phi) is 6.79. The maximum atomic E-state index is 12.0. The second-order valence-corrected chi connectivity index (χ2v) is 10.2. The number of amides is 1. The molecule has 1 saturated carbocycles. The van der Waals surface area contributed by atoms with E-state index in [0.29, 0.717) is 16.7 Å². The topological polar surface area (TPSA) is 115 Å². The molecule has 34 heavy (non-hydrogen) atoms. The summed E-state index contributed by atoms with van der Waals surface area (Å²) in [5.74, 6) is 0.587. The van der Waals surface area contributed by atoms with Crippen molar-refractivity contribution in [3.63, 3.8) is 0 Å². The zero-order valence-electron chi connectivity index (χ0n) is 20.0. The Labute approximate surface area is 204 Å². The Hall–Kier alpha value is -3.13. The van der Waals surface area contributed by atoms with E-state index in [1.165, 1.54) is 0 Å². The molecule has 9 heteroatoms. The van der Waals surface area contributed by atoms with Gasteiger partial charge in [-0.15, -0.1) is 0 Å². The monoisotopic (exact) mass is 482 g/mol. The van der Waals surface area contributed by atoms with Gasteiger partial charge in [0.05, 0.1) is 28.1 Å². The molecule has 0 unspecified atom stereocenters. The number of nitrogens with one attached hydrogen (secondary N) is 2. The molecule has 2 aromatic heterocycles. The van der Waals surface area contributed by atoms with Crippen molar-refractivity contribution < 1.29 is 9.53 Å². The summed E-state index contributed by atoms with van der Waals surface area (Å²) in [6.07, 6.45) is 4.96. The number of nitrogens with two attached hydrogens (primary N) is 1. The minimum Gasteiger partial charge on any atom is -0.444 e. The van der Waals surface area contributed by atoms with Crippen molar-refractivity contribution in [3.05, 3.63) is 41.0 Å². The van der Waals surface area contributed by atoms with Crippen LogP contribution < -0.4 is 16.4 Å². The Balaban J connectivity index is 1.40. The number of fused-ring (bicyclic) bond motifs is 1. The van der Waals surface area contributed by atoms with E-state index in [1.54, 1.807) is 12.3 Å². The van der Waals surface area contributed by atoms with Crippen LogP contribution in [0.15, 0.2) is 30.5 Å². The van der Waals surface area contributed by atoms with Crippen LogP contribution in [0.25, 0.3) is 22.3 Å². The van der Waals surface area contributed by atoms with Gasteiger partial charge in [-0.1, -0.05) is 17.7 Å². The molecule has 1 fully saturated rings. The number of halogens is 1. The van der Waals surface area contributed by atoms with E-state index in [1.807, 2.05) is 45.9 Å². The highest BCUT2D eigenvalue weighted by Crippen LogP contribution is 2.29. The van der Waals surface area contributed by atoms with Gasteiger partial charge >= 0.3 is 6.09 Å². The lowest BCUT2D eigenvalue weighted by atomic mass is 9.91. The number of carbonyl (C=O) groups excluding carboxylic acids is 1. The van der Waals surface area contributed by atoms with Gasteiger partial charge in [-0.25, -0.2) is 19.7 Å². The molecule has 0 bridgehead atoms. The van der Waals surface area contributed by atoms with Gasteiger partial charge in [0.2, 0.25) is 5.95 Å². The van der Waals surface area contributed by atoms with Gasteiger partial charge in [-0.3, -0.25) is 0 Å². The minimum absolute atomic E-state index is 0.122. The molecule has 1 aromatic carbocycles. The SMILES string of the molecule is Cc1cc(-c2ccc(N)c(Cl)c2)nc2cnc(N[C@H]3CC[C@H](NC(=O)OC(C)(C)C)CC3)nc12. The number of anilines is 2. The fraction of sp³-hybridized carbons (Fsp3) is 0.440. The van der Waals surface area contributed by atoms with E-state index in [4.69, 9.17) is 32.0 Å². The summed E-state index contributed by atoms with van der Waals surface area (Å²) in [7, 11) is 0. The van der Waals surface area contributed by atoms with Crippen LogP contribution in [0, 0.1) is 6.92 Å². The van der Waals surface area contributed by atoms with Crippen LogP contribution in [0.3, 0.4) is 0 Å². The lowest BCUT2D eigenvalue weighted by molar-refractivity contribution is 0.0492. The molecule has 180 valence electrons. The number of rotatable bonds is 4. The van der Waals surface area contributed by atoms with Crippen molar-refractivity contribution in [1.82, 2.24) is 20.3 Å². The van der Waals surface area contributed by atoms with Gasteiger partial charge in [-0.05, 0) is 77.1 Å². The summed E-state index contributed by atoms with van der Waals surface area (Å²) in [5.41, 5.74) is 10.1. The minimum atomic E-state index is -0.494. The molecule has 1 amide bonds. The molecule has 0 saturated heterocycles. The van der Waals surface area contributed by atoms with Crippen LogP contribution in [-0.4, -0.2) is 38.7 Å².